The number of rotatable bonds is 10. The zero-order valence-corrected chi connectivity index (χ0v) is 23.6. The van der Waals surface area contributed by atoms with Crippen molar-refractivity contribution in [2.75, 3.05) is 13.1 Å². The van der Waals surface area contributed by atoms with Gasteiger partial charge in [0.25, 0.3) is 0 Å². The third-order valence-corrected chi connectivity index (χ3v) is 8.80. The number of benzene rings is 2. The molecule has 2 aromatic carbocycles. The lowest BCUT2D eigenvalue weighted by Gasteiger charge is -2.55. The lowest BCUT2D eigenvalue weighted by Crippen LogP contribution is -2.62. The van der Waals surface area contributed by atoms with Gasteiger partial charge in [-0.2, -0.15) is 0 Å². The third kappa shape index (κ3) is 6.39. The first-order chi connectivity index (χ1) is 18.9. The second-order valence-corrected chi connectivity index (χ2v) is 12.9. The number of carbonyl (C=O) groups excluding carboxylic acids is 2. The summed E-state index contributed by atoms with van der Waals surface area (Å²) in [5.74, 6) is -0.337. The van der Waals surface area contributed by atoms with Crippen molar-refractivity contribution in [1.29, 1.82) is 0 Å². The lowest BCUT2D eigenvalue weighted by molar-refractivity contribution is -0.128. The summed E-state index contributed by atoms with van der Waals surface area (Å²) in [5.41, 5.74) is 0.608. The molecule has 5 rings (SSSR count). The molecule has 0 bridgehead atoms. The van der Waals surface area contributed by atoms with E-state index in [1.165, 1.54) is 16.8 Å². The Morgan fingerprint density at radius 3 is 2.33 bits per heavy atom. The predicted octanol–water partition coefficient (Wildman–Crippen LogP) is 5.30. The largest absolute Gasteiger partial charge is 0.390 e. The quantitative estimate of drug-likeness (QED) is 0.347. The molecule has 1 aliphatic heterocycles. The Balaban J connectivity index is 1.30. The Labute approximate surface area is 235 Å². The van der Waals surface area contributed by atoms with Crippen LogP contribution in [0.1, 0.15) is 81.8 Å². The summed E-state index contributed by atoms with van der Waals surface area (Å²) in [4.78, 5) is 29.4. The molecule has 0 atom stereocenters. The highest BCUT2D eigenvalue weighted by molar-refractivity contribution is 5.95. The highest BCUT2D eigenvalue weighted by Crippen LogP contribution is 2.44. The van der Waals surface area contributed by atoms with Crippen LogP contribution in [-0.2, 0) is 10.2 Å². The molecule has 8 heteroatoms. The van der Waals surface area contributed by atoms with Gasteiger partial charge in [0, 0.05) is 43.8 Å². The van der Waals surface area contributed by atoms with E-state index in [1.807, 2.05) is 25.1 Å². The highest BCUT2D eigenvalue weighted by atomic mass is 19.1. The fourth-order valence-corrected chi connectivity index (χ4v) is 6.46. The number of halogens is 1. The van der Waals surface area contributed by atoms with Gasteiger partial charge in [-0.15, -0.1) is 5.10 Å². The number of aromatic nitrogens is 3. The van der Waals surface area contributed by atoms with E-state index >= 15 is 0 Å². The first kappa shape index (κ1) is 28.3. The molecular formula is C32H39FN4O3. The summed E-state index contributed by atoms with van der Waals surface area (Å²) in [5, 5.41) is 18.6. The fourth-order valence-electron chi connectivity index (χ4n) is 6.46. The number of Topliss-reactive ketones (excluding diaryl/α,β-unsaturated/α-hetero) is 2. The topological polar surface area (TPSA) is 88.3 Å². The Bertz CT molecular complexity index is 1330. The number of ketones is 2. The zero-order chi connectivity index (χ0) is 28.5. The molecule has 2 fully saturated rings. The number of hydrogen-bond acceptors (Lipinski definition) is 6. The van der Waals surface area contributed by atoms with Crippen LogP contribution in [0.5, 0.6) is 0 Å². The molecule has 0 spiro atoms. The molecule has 40 heavy (non-hydrogen) atoms. The van der Waals surface area contributed by atoms with Crippen LogP contribution in [0.3, 0.4) is 0 Å². The molecule has 2 aliphatic rings. The smallest absolute Gasteiger partial charge is 0.185 e. The standard InChI is InChI=1S/C32H39FN4O3/c1-30(2,23-7-5-4-6-8-23)17-27(38)18-32(21-36(22-32)25-13-15-31(3,40)16-14-25)19-29(39)28-20-37(35-34-28)26-11-9-24(33)10-12-26/h4-12,20,25,40H,13-19,21-22H2,1-3H3. The fraction of sp³-hybridized carbons (Fsp3) is 0.500. The Morgan fingerprint density at radius 2 is 1.68 bits per heavy atom. The molecule has 2 heterocycles. The maximum absolute atomic E-state index is 13.5. The molecule has 0 radical (unpaired) electrons. The van der Waals surface area contributed by atoms with Crippen molar-refractivity contribution in [3.8, 4) is 5.69 Å². The molecule has 0 amide bonds. The van der Waals surface area contributed by atoms with Gasteiger partial charge in [-0.1, -0.05) is 49.4 Å². The van der Waals surface area contributed by atoms with Crippen LogP contribution in [0.2, 0.25) is 0 Å². The predicted molar refractivity (Wildman–Crippen MR) is 151 cm³/mol. The van der Waals surface area contributed by atoms with Gasteiger partial charge in [-0.25, -0.2) is 9.07 Å². The van der Waals surface area contributed by atoms with Crippen LogP contribution in [-0.4, -0.2) is 61.3 Å². The van der Waals surface area contributed by atoms with E-state index in [9.17, 15) is 19.1 Å². The van der Waals surface area contributed by atoms with Gasteiger partial charge in [0.05, 0.1) is 17.5 Å². The molecule has 3 aromatic rings. The summed E-state index contributed by atoms with van der Waals surface area (Å²) in [6, 6.07) is 16.3. The van der Waals surface area contributed by atoms with E-state index < -0.39 is 11.0 Å². The van der Waals surface area contributed by atoms with E-state index in [4.69, 9.17) is 0 Å². The average Bonchev–Trinajstić information content (AvgIpc) is 3.38. The molecule has 1 aliphatic carbocycles. The molecule has 1 aromatic heterocycles. The first-order valence-electron chi connectivity index (χ1n) is 14.2. The van der Waals surface area contributed by atoms with Gasteiger partial charge >= 0.3 is 0 Å². The average molecular weight is 547 g/mol. The van der Waals surface area contributed by atoms with Crippen molar-refractivity contribution in [2.24, 2.45) is 5.41 Å². The molecule has 0 unspecified atom stereocenters. The highest BCUT2D eigenvalue weighted by Gasteiger charge is 2.49. The molecule has 1 saturated heterocycles. The van der Waals surface area contributed by atoms with E-state index in [0.717, 1.165) is 31.2 Å². The summed E-state index contributed by atoms with van der Waals surface area (Å²) in [6.07, 6.45) is 5.88. The van der Waals surface area contributed by atoms with Crippen molar-refractivity contribution in [1.82, 2.24) is 19.9 Å². The monoisotopic (exact) mass is 546 g/mol. The molecule has 7 nitrogen and oxygen atoms in total. The van der Waals surface area contributed by atoms with E-state index in [-0.39, 0.29) is 34.9 Å². The van der Waals surface area contributed by atoms with Crippen molar-refractivity contribution in [3.05, 3.63) is 77.9 Å². The van der Waals surface area contributed by atoms with Crippen molar-refractivity contribution < 1.29 is 19.1 Å². The minimum Gasteiger partial charge on any atom is -0.390 e. The number of carbonyl (C=O) groups is 2. The second kappa shape index (κ2) is 11.0. The normalized spacial score (nSPS) is 23.0. The molecule has 212 valence electrons. The SMILES string of the molecule is CC1(O)CCC(N2CC(CC(=O)CC(C)(C)c3ccccc3)(CC(=O)c3cn(-c4ccc(F)cc4)nn3)C2)CC1. The van der Waals surface area contributed by atoms with Gasteiger partial charge in [0.15, 0.2) is 5.78 Å². The summed E-state index contributed by atoms with van der Waals surface area (Å²) in [7, 11) is 0. The van der Waals surface area contributed by atoms with Crippen LogP contribution in [0, 0.1) is 11.2 Å². The van der Waals surface area contributed by atoms with E-state index in [1.54, 1.807) is 18.3 Å². The van der Waals surface area contributed by atoms with Crippen LogP contribution < -0.4 is 0 Å². The molecule has 1 saturated carbocycles. The van der Waals surface area contributed by atoms with Crippen LogP contribution in [0.4, 0.5) is 4.39 Å². The lowest BCUT2D eigenvalue weighted by atomic mass is 9.68. The number of likely N-dealkylation sites (tertiary alicyclic amines) is 1. The van der Waals surface area contributed by atoms with Crippen LogP contribution in [0.15, 0.2) is 60.8 Å². The Morgan fingerprint density at radius 1 is 1.02 bits per heavy atom. The van der Waals surface area contributed by atoms with Crippen molar-refractivity contribution in [2.45, 2.75) is 82.8 Å². The molecule has 1 N–H and O–H groups in total. The van der Waals surface area contributed by atoms with Gasteiger partial charge in [-0.3, -0.25) is 14.5 Å². The summed E-state index contributed by atoms with van der Waals surface area (Å²) in [6.45, 7) is 7.43. The van der Waals surface area contributed by atoms with Crippen molar-refractivity contribution in [3.63, 3.8) is 0 Å². The Kier molecular flexibility index (Phi) is 7.77. The summed E-state index contributed by atoms with van der Waals surface area (Å²) >= 11 is 0. The van der Waals surface area contributed by atoms with E-state index in [0.29, 0.717) is 37.7 Å². The number of nitrogens with zero attached hydrogens (tertiary/aromatic N) is 4. The maximum atomic E-state index is 13.5. The first-order valence-corrected chi connectivity index (χ1v) is 14.2. The zero-order valence-electron chi connectivity index (χ0n) is 23.6. The van der Waals surface area contributed by atoms with Crippen molar-refractivity contribution >= 4 is 11.6 Å². The van der Waals surface area contributed by atoms with Gasteiger partial charge in [-0.05, 0) is 67.9 Å². The second-order valence-electron chi connectivity index (χ2n) is 12.9. The van der Waals surface area contributed by atoms with E-state index in [2.05, 4.69) is 41.2 Å². The molecular weight excluding hydrogens is 507 g/mol. The Hall–Kier alpha value is -3.23. The van der Waals surface area contributed by atoms with Gasteiger partial charge in [0.2, 0.25) is 0 Å². The minimum absolute atomic E-state index is 0.144. The van der Waals surface area contributed by atoms with Crippen LogP contribution in [0.25, 0.3) is 5.69 Å². The van der Waals surface area contributed by atoms with Crippen LogP contribution >= 0.6 is 0 Å². The van der Waals surface area contributed by atoms with Gasteiger partial charge in [0.1, 0.15) is 17.3 Å². The maximum Gasteiger partial charge on any atom is 0.185 e. The number of aliphatic hydroxyl groups is 1. The third-order valence-electron chi connectivity index (χ3n) is 8.80. The van der Waals surface area contributed by atoms with Gasteiger partial charge < -0.3 is 5.11 Å². The number of hydrogen-bond donors (Lipinski definition) is 1. The summed E-state index contributed by atoms with van der Waals surface area (Å²) < 4.78 is 14.8. The minimum atomic E-state index is -0.607.